The second-order valence-corrected chi connectivity index (χ2v) is 4.40. The van der Waals surface area contributed by atoms with Crippen LogP contribution in [0.1, 0.15) is 5.56 Å². The number of aliphatic carboxylic acids is 1. The van der Waals surface area contributed by atoms with Crippen molar-refractivity contribution in [3.05, 3.63) is 33.8 Å². The Balaban J connectivity index is 2.67. The fourth-order valence-corrected chi connectivity index (χ4v) is 1.74. The van der Waals surface area contributed by atoms with Crippen LogP contribution in [0, 0.1) is 0 Å². The molecule has 0 aromatic heterocycles. The Kier molecular flexibility index (Phi) is 5.40. The lowest BCUT2D eigenvalue weighted by atomic mass is 10.1. The van der Waals surface area contributed by atoms with E-state index in [4.69, 9.17) is 33.4 Å². The lowest BCUT2D eigenvalue weighted by Gasteiger charge is -2.12. The molecular formula is C11H11Cl2NO4. The molecule has 0 aliphatic heterocycles. The Morgan fingerprint density at radius 1 is 1.33 bits per heavy atom. The number of hydrogen-bond donors (Lipinski definition) is 3. The molecule has 0 bridgehead atoms. The molecule has 5 nitrogen and oxygen atoms in total. The number of carboxylic acids is 1. The Labute approximate surface area is 113 Å². The van der Waals surface area contributed by atoms with Crippen LogP contribution in [0.15, 0.2) is 18.2 Å². The number of benzene rings is 1. The minimum Gasteiger partial charge on any atom is -0.480 e. The molecule has 0 spiro atoms. The molecule has 0 saturated carbocycles. The molecule has 0 heterocycles. The van der Waals surface area contributed by atoms with Crippen LogP contribution >= 0.6 is 23.2 Å². The minimum atomic E-state index is -1.32. The maximum atomic E-state index is 11.5. The quantitative estimate of drug-likeness (QED) is 0.758. The highest BCUT2D eigenvalue weighted by Crippen LogP contribution is 2.21. The van der Waals surface area contributed by atoms with E-state index in [9.17, 15) is 9.59 Å². The summed E-state index contributed by atoms with van der Waals surface area (Å²) in [5.74, 6) is -1.84. The summed E-state index contributed by atoms with van der Waals surface area (Å²) in [6, 6.07) is 3.34. The standard InChI is InChI=1S/C11H11Cl2NO4/c12-7-2-1-6(8(13)4-7)3-10(16)14-9(5-15)11(17)18/h1-2,4,9,15H,3,5H2,(H,14,16)(H,17,18)/t9-/m1/s1. The van der Waals surface area contributed by atoms with E-state index in [1.165, 1.54) is 6.07 Å². The maximum Gasteiger partial charge on any atom is 0.328 e. The van der Waals surface area contributed by atoms with Gasteiger partial charge in [0.15, 0.2) is 0 Å². The van der Waals surface area contributed by atoms with Gasteiger partial charge in [0.05, 0.1) is 13.0 Å². The van der Waals surface area contributed by atoms with Crippen molar-refractivity contribution in [3.8, 4) is 0 Å². The Bertz CT molecular complexity index is 464. The predicted octanol–water partition coefficient (Wildman–Crippen LogP) is 1.10. The second-order valence-electron chi connectivity index (χ2n) is 3.55. The normalized spacial score (nSPS) is 11.9. The zero-order valence-corrected chi connectivity index (χ0v) is 10.7. The molecule has 3 N–H and O–H groups in total. The number of nitrogens with one attached hydrogen (secondary N) is 1. The fourth-order valence-electron chi connectivity index (χ4n) is 1.27. The van der Waals surface area contributed by atoms with Crippen molar-refractivity contribution >= 4 is 35.1 Å². The van der Waals surface area contributed by atoms with E-state index in [1.807, 2.05) is 0 Å². The van der Waals surface area contributed by atoms with E-state index in [1.54, 1.807) is 12.1 Å². The van der Waals surface area contributed by atoms with E-state index in [0.29, 0.717) is 15.6 Å². The Hall–Kier alpha value is -1.30. The lowest BCUT2D eigenvalue weighted by molar-refractivity contribution is -0.142. The van der Waals surface area contributed by atoms with Crippen molar-refractivity contribution in [2.45, 2.75) is 12.5 Å². The second kappa shape index (κ2) is 6.58. The van der Waals surface area contributed by atoms with Gasteiger partial charge in [0, 0.05) is 10.0 Å². The zero-order chi connectivity index (χ0) is 13.7. The van der Waals surface area contributed by atoms with Crippen LogP contribution in [-0.4, -0.2) is 34.7 Å². The van der Waals surface area contributed by atoms with Crippen molar-refractivity contribution in [3.63, 3.8) is 0 Å². The fraction of sp³-hybridized carbons (Fsp3) is 0.273. The first-order valence-electron chi connectivity index (χ1n) is 5.01. The first kappa shape index (κ1) is 14.8. The van der Waals surface area contributed by atoms with Gasteiger partial charge in [0.25, 0.3) is 0 Å². The van der Waals surface area contributed by atoms with Gasteiger partial charge < -0.3 is 15.5 Å². The molecule has 1 amide bonds. The molecule has 1 aromatic rings. The van der Waals surface area contributed by atoms with E-state index in [2.05, 4.69) is 5.32 Å². The van der Waals surface area contributed by atoms with Gasteiger partial charge in [-0.05, 0) is 17.7 Å². The number of rotatable bonds is 5. The zero-order valence-electron chi connectivity index (χ0n) is 9.19. The minimum absolute atomic E-state index is 0.0835. The Morgan fingerprint density at radius 3 is 2.50 bits per heavy atom. The number of hydrogen-bond acceptors (Lipinski definition) is 3. The van der Waals surface area contributed by atoms with Gasteiger partial charge in [0.2, 0.25) is 5.91 Å². The smallest absolute Gasteiger partial charge is 0.328 e. The first-order chi connectivity index (χ1) is 8.43. The molecule has 1 atom stereocenters. The number of aliphatic hydroxyl groups is 1. The highest BCUT2D eigenvalue weighted by molar-refractivity contribution is 6.35. The topological polar surface area (TPSA) is 86.6 Å². The highest BCUT2D eigenvalue weighted by Gasteiger charge is 2.19. The number of carbonyl (C=O) groups excluding carboxylic acids is 1. The van der Waals surface area contributed by atoms with E-state index in [0.717, 1.165) is 0 Å². The lowest BCUT2D eigenvalue weighted by Crippen LogP contribution is -2.43. The summed E-state index contributed by atoms with van der Waals surface area (Å²) >= 11 is 11.6. The van der Waals surface area contributed by atoms with Gasteiger partial charge in [0.1, 0.15) is 6.04 Å². The summed E-state index contributed by atoms with van der Waals surface area (Å²) < 4.78 is 0. The van der Waals surface area contributed by atoms with Crippen molar-refractivity contribution in [2.24, 2.45) is 0 Å². The molecule has 0 fully saturated rings. The molecule has 7 heteroatoms. The molecule has 0 aliphatic carbocycles. The number of aliphatic hydroxyl groups excluding tert-OH is 1. The van der Waals surface area contributed by atoms with Crippen molar-refractivity contribution in [1.29, 1.82) is 0 Å². The van der Waals surface area contributed by atoms with Crippen LogP contribution in [0.4, 0.5) is 0 Å². The Morgan fingerprint density at radius 2 is 2.00 bits per heavy atom. The summed E-state index contributed by atoms with van der Waals surface area (Å²) in [4.78, 5) is 22.2. The van der Waals surface area contributed by atoms with Gasteiger partial charge >= 0.3 is 5.97 Å². The van der Waals surface area contributed by atoms with Crippen LogP contribution in [0.25, 0.3) is 0 Å². The molecule has 0 unspecified atom stereocenters. The highest BCUT2D eigenvalue weighted by atomic mass is 35.5. The molecular weight excluding hydrogens is 281 g/mol. The summed E-state index contributed by atoms with van der Waals surface area (Å²) in [5.41, 5.74) is 0.528. The number of carbonyl (C=O) groups is 2. The molecule has 18 heavy (non-hydrogen) atoms. The van der Waals surface area contributed by atoms with Crippen LogP contribution in [0.3, 0.4) is 0 Å². The van der Waals surface area contributed by atoms with Crippen LogP contribution in [-0.2, 0) is 16.0 Å². The summed E-state index contributed by atoms with van der Waals surface area (Å²) in [5, 5.41) is 20.4. The van der Waals surface area contributed by atoms with Gasteiger partial charge in [-0.25, -0.2) is 4.79 Å². The number of carboxylic acid groups (broad SMARTS) is 1. The predicted molar refractivity (Wildman–Crippen MR) is 66.8 cm³/mol. The average Bonchev–Trinajstić information content (AvgIpc) is 2.29. The van der Waals surface area contributed by atoms with Crippen LogP contribution in [0.2, 0.25) is 10.0 Å². The number of halogens is 2. The first-order valence-corrected chi connectivity index (χ1v) is 5.76. The summed E-state index contributed by atoms with van der Waals surface area (Å²) in [7, 11) is 0. The van der Waals surface area contributed by atoms with Crippen molar-refractivity contribution < 1.29 is 19.8 Å². The third-order valence-corrected chi connectivity index (χ3v) is 2.77. The monoisotopic (exact) mass is 291 g/mol. The summed E-state index contributed by atoms with van der Waals surface area (Å²) in [6.07, 6.45) is -0.0835. The van der Waals surface area contributed by atoms with Gasteiger partial charge in [-0.1, -0.05) is 29.3 Å². The molecule has 0 saturated heterocycles. The van der Waals surface area contributed by atoms with E-state index >= 15 is 0 Å². The van der Waals surface area contributed by atoms with Gasteiger partial charge in [-0.3, -0.25) is 4.79 Å². The molecule has 0 radical (unpaired) electrons. The van der Waals surface area contributed by atoms with Crippen molar-refractivity contribution in [2.75, 3.05) is 6.61 Å². The van der Waals surface area contributed by atoms with Crippen LogP contribution in [0.5, 0.6) is 0 Å². The third-order valence-electron chi connectivity index (χ3n) is 2.18. The average molecular weight is 292 g/mol. The van der Waals surface area contributed by atoms with Gasteiger partial charge in [-0.15, -0.1) is 0 Å². The van der Waals surface area contributed by atoms with Crippen LogP contribution < -0.4 is 5.32 Å². The largest absolute Gasteiger partial charge is 0.480 e. The molecule has 0 aliphatic rings. The number of amides is 1. The van der Waals surface area contributed by atoms with E-state index in [-0.39, 0.29) is 6.42 Å². The molecule has 98 valence electrons. The molecule has 1 rings (SSSR count). The SMILES string of the molecule is O=C(Cc1ccc(Cl)cc1Cl)N[C@H](CO)C(=O)O. The van der Waals surface area contributed by atoms with Crippen molar-refractivity contribution in [1.82, 2.24) is 5.32 Å². The molecule has 1 aromatic carbocycles. The van der Waals surface area contributed by atoms with Gasteiger partial charge in [-0.2, -0.15) is 0 Å². The maximum absolute atomic E-state index is 11.5. The summed E-state index contributed by atoms with van der Waals surface area (Å²) in [6.45, 7) is -0.671. The van der Waals surface area contributed by atoms with E-state index < -0.39 is 24.5 Å². The third kappa shape index (κ3) is 4.18.